The molecular weight excluding hydrogens is 515 g/mol. The minimum Gasteiger partial charge on any atom is -0.456 e. The molecule has 12 heteroatoms. The first-order chi connectivity index (χ1) is 17.9. The predicted molar refractivity (Wildman–Crippen MR) is 140 cm³/mol. The van der Waals surface area contributed by atoms with Crippen molar-refractivity contribution in [3.8, 4) is 0 Å². The molecule has 2 heterocycles. The van der Waals surface area contributed by atoms with Gasteiger partial charge in [0, 0.05) is 12.7 Å². The van der Waals surface area contributed by atoms with Crippen molar-refractivity contribution in [1.82, 2.24) is 20.9 Å². The van der Waals surface area contributed by atoms with E-state index in [1.807, 2.05) is 0 Å². The number of amides is 3. The van der Waals surface area contributed by atoms with Gasteiger partial charge in [0.1, 0.15) is 17.8 Å². The molecule has 3 N–H and O–H groups in total. The summed E-state index contributed by atoms with van der Waals surface area (Å²) in [5.74, 6) is -3.73. The Labute approximate surface area is 225 Å². The van der Waals surface area contributed by atoms with Crippen molar-refractivity contribution in [3.63, 3.8) is 0 Å². The van der Waals surface area contributed by atoms with Crippen molar-refractivity contribution >= 4 is 40.6 Å². The van der Waals surface area contributed by atoms with Crippen LogP contribution in [0.15, 0.2) is 35.6 Å². The predicted octanol–water partition coefficient (Wildman–Crippen LogP) is 2.54. The average molecular weight is 549 g/mol. The minimum absolute atomic E-state index is 0.0195. The monoisotopic (exact) mass is 548 g/mol. The molecule has 2 bridgehead atoms. The van der Waals surface area contributed by atoms with Crippen molar-refractivity contribution in [2.75, 3.05) is 5.75 Å². The number of carbonyl (C=O) groups is 5. The molecular formula is C26H33FN4O6S. The standard InChI is InChI=1S/C26H33FN4O6S/c1-14(2)21-24(34)31-22(15(3)4)26(36)37-18(8-6-7-11-38-16(5)32)12-20(33)28-13-17-9-10-19(27)23(29-17)25(35)30-21/h6,8-10,15,18,22H,7,11-13H2,1-5H3,(H,28,33)(H,30,35)(H,31,34)/b8-6+/t18-,22?/m1/s1. The third-order valence-corrected chi connectivity index (χ3v) is 6.20. The fourth-order valence-electron chi connectivity index (χ4n) is 3.37. The number of aromatic nitrogens is 1. The minimum atomic E-state index is -1.10. The lowest BCUT2D eigenvalue weighted by Crippen LogP contribution is -2.49. The molecule has 38 heavy (non-hydrogen) atoms. The number of halogens is 1. The van der Waals surface area contributed by atoms with Gasteiger partial charge in [-0.1, -0.05) is 31.7 Å². The Balaban J connectivity index is 2.42. The molecule has 2 atom stereocenters. The number of nitrogens with one attached hydrogen (secondary N) is 3. The summed E-state index contributed by atoms with van der Waals surface area (Å²) in [6.45, 7) is 7.92. The number of carbonyl (C=O) groups excluding carboxylic acids is 5. The van der Waals surface area contributed by atoms with Crippen LogP contribution in [0.1, 0.15) is 63.6 Å². The second-order valence-corrected chi connectivity index (χ2v) is 10.4. The summed E-state index contributed by atoms with van der Waals surface area (Å²) >= 11 is 1.15. The molecule has 0 saturated heterocycles. The first-order valence-corrected chi connectivity index (χ1v) is 13.1. The lowest BCUT2D eigenvalue weighted by molar-refractivity contribution is -0.153. The molecule has 1 aromatic rings. The summed E-state index contributed by atoms with van der Waals surface area (Å²) in [5, 5.41) is 7.57. The van der Waals surface area contributed by atoms with E-state index >= 15 is 0 Å². The van der Waals surface area contributed by atoms with Crippen LogP contribution in [0.2, 0.25) is 0 Å². The van der Waals surface area contributed by atoms with E-state index in [9.17, 15) is 28.4 Å². The van der Waals surface area contributed by atoms with Crippen LogP contribution in [-0.2, 0) is 30.5 Å². The normalized spacial score (nSPS) is 19.6. The van der Waals surface area contributed by atoms with Gasteiger partial charge in [-0.15, -0.1) is 0 Å². The van der Waals surface area contributed by atoms with Crippen molar-refractivity contribution in [3.05, 3.63) is 52.8 Å². The maximum atomic E-state index is 14.4. The summed E-state index contributed by atoms with van der Waals surface area (Å²) < 4.78 is 20.0. The van der Waals surface area contributed by atoms with E-state index in [2.05, 4.69) is 20.9 Å². The van der Waals surface area contributed by atoms with E-state index in [-0.39, 0.29) is 29.5 Å². The van der Waals surface area contributed by atoms with Gasteiger partial charge in [0.15, 0.2) is 16.6 Å². The summed E-state index contributed by atoms with van der Waals surface area (Å²) in [4.78, 5) is 66.7. The van der Waals surface area contributed by atoms with Crippen molar-refractivity contribution in [2.24, 2.45) is 5.92 Å². The number of cyclic esters (lactones) is 1. The highest BCUT2D eigenvalue weighted by Gasteiger charge is 2.30. The Morgan fingerprint density at radius 3 is 2.53 bits per heavy atom. The number of rotatable bonds is 5. The Morgan fingerprint density at radius 1 is 1.18 bits per heavy atom. The van der Waals surface area contributed by atoms with Crippen LogP contribution in [0.25, 0.3) is 0 Å². The van der Waals surface area contributed by atoms with Crippen LogP contribution in [0.3, 0.4) is 0 Å². The third-order valence-electron chi connectivity index (χ3n) is 5.35. The third kappa shape index (κ3) is 9.40. The topological polar surface area (TPSA) is 144 Å². The molecule has 3 amide bonds. The average Bonchev–Trinajstić information content (AvgIpc) is 2.83. The molecule has 1 unspecified atom stereocenters. The van der Waals surface area contributed by atoms with Gasteiger partial charge >= 0.3 is 5.97 Å². The van der Waals surface area contributed by atoms with Crippen LogP contribution in [0.4, 0.5) is 4.39 Å². The van der Waals surface area contributed by atoms with Gasteiger partial charge in [0.2, 0.25) is 5.91 Å². The van der Waals surface area contributed by atoms with E-state index in [1.54, 1.807) is 39.8 Å². The van der Waals surface area contributed by atoms with Gasteiger partial charge in [0.25, 0.3) is 11.8 Å². The highest BCUT2D eigenvalue weighted by atomic mass is 32.2. The van der Waals surface area contributed by atoms with Gasteiger partial charge in [-0.3, -0.25) is 19.2 Å². The largest absolute Gasteiger partial charge is 0.456 e. The highest BCUT2D eigenvalue weighted by molar-refractivity contribution is 8.13. The number of pyridine rings is 1. The van der Waals surface area contributed by atoms with Crippen LogP contribution in [-0.4, -0.2) is 51.7 Å². The Bertz CT molecular complexity index is 1150. The fraction of sp³-hybridized carbons (Fsp3) is 0.462. The van der Waals surface area contributed by atoms with E-state index in [1.165, 1.54) is 13.0 Å². The SMILES string of the molecule is CC(=O)SCC/C=C/[C@@H]1CC(=O)NCc2ccc(F)c(n2)C(=O)NC(=C(C)C)C(=O)NC(C(C)C)C(=O)O1. The molecule has 206 valence electrons. The van der Waals surface area contributed by atoms with Crippen molar-refractivity contribution < 1.29 is 33.1 Å². The lowest BCUT2D eigenvalue weighted by Gasteiger charge is -2.24. The second-order valence-electron chi connectivity index (χ2n) is 9.17. The number of nitrogens with zero attached hydrogens (tertiary/aromatic N) is 1. The fourth-order valence-corrected chi connectivity index (χ4v) is 3.91. The summed E-state index contributed by atoms with van der Waals surface area (Å²) in [6, 6.07) is 1.27. The van der Waals surface area contributed by atoms with Gasteiger partial charge in [-0.2, -0.15) is 0 Å². The van der Waals surface area contributed by atoms with E-state index < -0.39 is 53.3 Å². The zero-order valence-electron chi connectivity index (χ0n) is 22.1. The first-order valence-electron chi connectivity index (χ1n) is 12.1. The molecule has 1 aliphatic rings. The summed E-state index contributed by atoms with van der Waals surface area (Å²) in [7, 11) is 0. The Kier molecular flexibility index (Phi) is 11.6. The number of fused-ring (bicyclic) bond motifs is 2. The number of allylic oxidation sites excluding steroid dienone is 2. The number of hydrogen-bond donors (Lipinski definition) is 3. The molecule has 10 nitrogen and oxygen atoms in total. The number of hydrogen-bond acceptors (Lipinski definition) is 8. The number of thioether (sulfide) groups is 1. The van der Waals surface area contributed by atoms with Gasteiger partial charge < -0.3 is 20.7 Å². The molecule has 0 aromatic carbocycles. The molecule has 0 saturated carbocycles. The van der Waals surface area contributed by atoms with Gasteiger partial charge in [-0.25, -0.2) is 14.2 Å². The Morgan fingerprint density at radius 2 is 1.89 bits per heavy atom. The Hall–Kier alpha value is -3.54. The summed E-state index contributed by atoms with van der Waals surface area (Å²) in [5.41, 5.74) is -0.0642. The zero-order chi connectivity index (χ0) is 28.4. The van der Waals surface area contributed by atoms with Crippen molar-refractivity contribution in [2.45, 2.75) is 66.2 Å². The highest BCUT2D eigenvalue weighted by Crippen LogP contribution is 2.14. The maximum absolute atomic E-state index is 14.4. The zero-order valence-corrected chi connectivity index (χ0v) is 22.9. The number of esters is 1. The smallest absolute Gasteiger partial charge is 0.329 e. The molecule has 0 aliphatic carbocycles. The van der Waals surface area contributed by atoms with Gasteiger partial charge in [0.05, 0.1) is 18.7 Å². The lowest BCUT2D eigenvalue weighted by atomic mass is 10.0. The van der Waals surface area contributed by atoms with Crippen LogP contribution < -0.4 is 16.0 Å². The molecule has 0 fully saturated rings. The summed E-state index contributed by atoms with van der Waals surface area (Å²) in [6.07, 6.45) is 2.62. The van der Waals surface area contributed by atoms with E-state index in [0.29, 0.717) is 17.7 Å². The molecule has 0 spiro atoms. The van der Waals surface area contributed by atoms with E-state index in [4.69, 9.17) is 4.74 Å². The van der Waals surface area contributed by atoms with Crippen LogP contribution in [0, 0.1) is 11.7 Å². The first kappa shape index (κ1) is 30.7. The van der Waals surface area contributed by atoms with Crippen LogP contribution >= 0.6 is 11.8 Å². The van der Waals surface area contributed by atoms with E-state index in [0.717, 1.165) is 17.8 Å². The second kappa shape index (κ2) is 14.4. The quantitative estimate of drug-likeness (QED) is 0.220. The molecule has 0 radical (unpaired) electrons. The molecule has 1 aromatic heterocycles. The van der Waals surface area contributed by atoms with Crippen LogP contribution in [0.5, 0.6) is 0 Å². The van der Waals surface area contributed by atoms with Gasteiger partial charge in [-0.05, 0) is 50.0 Å². The number of ether oxygens (including phenoxy) is 1. The maximum Gasteiger partial charge on any atom is 0.329 e. The van der Waals surface area contributed by atoms with Crippen molar-refractivity contribution in [1.29, 1.82) is 0 Å². The molecule has 1 aliphatic heterocycles. The molecule has 2 rings (SSSR count).